The summed E-state index contributed by atoms with van der Waals surface area (Å²) in [6.45, 7) is 0.319. The summed E-state index contributed by atoms with van der Waals surface area (Å²) in [6.07, 6.45) is 12.4. The van der Waals surface area contributed by atoms with Crippen molar-refractivity contribution in [3.63, 3.8) is 0 Å². The summed E-state index contributed by atoms with van der Waals surface area (Å²) in [5, 5.41) is 0. The predicted octanol–water partition coefficient (Wildman–Crippen LogP) is 4.13. The molecule has 0 unspecified atom stereocenters. The normalized spacial score (nSPS) is 24.1. The summed E-state index contributed by atoms with van der Waals surface area (Å²) in [4.78, 5) is 48.6. The van der Waals surface area contributed by atoms with Gasteiger partial charge in [0.05, 0.1) is 23.7 Å². The lowest BCUT2D eigenvalue weighted by Crippen LogP contribution is -2.30. The van der Waals surface area contributed by atoms with Crippen LogP contribution in [0.5, 0.6) is 0 Å². The monoisotopic (exact) mass is 480 g/mol. The molecule has 0 bridgehead atoms. The molecule has 0 heterocycles. The Morgan fingerprint density at radius 1 is 0.382 bits per heavy atom. The molecule has 192 valence electrons. The number of hydrogen-bond donors (Lipinski definition) is 0. The van der Waals surface area contributed by atoms with E-state index in [4.69, 9.17) is 18.9 Å². The zero-order chi connectivity index (χ0) is 24.2. The fourth-order valence-electron chi connectivity index (χ4n) is 5.28. The van der Waals surface area contributed by atoms with Gasteiger partial charge in [-0.05, 0) is 51.4 Å². The molecule has 0 aromatic carbocycles. The van der Waals surface area contributed by atoms with E-state index in [1.165, 1.54) is 12.8 Å². The van der Waals surface area contributed by atoms with Gasteiger partial charge < -0.3 is 18.9 Å². The highest BCUT2D eigenvalue weighted by molar-refractivity contribution is 5.75. The van der Waals surface area contributed by atoms with E-state index >= 15 is 0 Å². The van der Waals surface area contributed by atoms with Crippen molar-refractivity contribution in [3.05, 3.63) is 0 Å². The van der Waals surface area contributed by atoms with Crippen LogP contribution in [0.15, 0.2) is 0 Å². The van der Waals surface area contributed by atoms with Gasteiger partial charge in [0, 0.05) is 0 Å². The number of carbonyl (C=O) groups is 4. The van der Waals surface area contributed by atoms with Crippen LogP contribution in [0.3, 0.4) is 0 Å². The van der Waals surface area contributed by atoms with Crippen molar-refractivity contribution in [3.8, 4) is 0 Å². The zero-order valence-corrected chi connectivity index (χ0v) is 20.3. The second-order valence-electron chi connectivity index (χ2n) is 9.89. The molecule has 0 radical (unpaired) electrons. The Balaban J connectivity index is 1.22. The Morgan fingerprint density at radius 3 is 0.882 bits per heavy atom. The van der Waals surface area contributed by atoms with Crippen molar-refractivity contribution in [1.29, 1.82) is 0 Å². The van der Waals surface area contributed by atoms with Crippen LogP contribution in [-0.4, -0.2) is 50.3 Å². The average Bonchev–Trinajstić information content (AvgIpc) is 2.89. The van der Waals surface area contributed by atoms with Crippen molar-refractivity contribution in [2.75, 3.05) is 26.4 Å². The van der Waals surface area contributed by atoms with E-state index in [2.05, 4.69) is 0 Å². The van der Waals surface area contributed by atoms with E-state index in [0.717, 1.165) is 51.4 Å². The summed E-state index contributed by atoms with van der Waals surface area (Å²) in [5.41, 5.74) is 0. The molecular weight excluding hydrogens is 440 g/mol. The molecule has 8 nitrogen and oxygen atoms in total. The first kappa shape index (κ1) is 26.5. The van der Waals surface area contributed by atoms with E-state index in [-0.39, 0.29) is 74.0 Å². The van der Waals surface area contributed by atoms with Gasteiger partial charge in [0.25, 0.3) is 0 Å². The van der Waals surface area contributed by atoms with Crippen LogP contribution >= 0.6 is 0 Å². The lowest BCUT2D eigenvalue weighted by atomic mass is 9.82. The molecule has 34 heavy (non-hydrogen) atoms. The third kappa shape index (κ3) is 8.58. The van der Waals surface area contributed by atoms with Crippen LogP contribution in [-0.2, 0) is 38.1 Å². The first-order chi connectivity index (χ1) is 16.5. The van der Waals surface area contributed by atoms with Gasteiger partial charge >= 0.3 is 23.9 Å². The number of carbonyl (C=O) groups excluding carboxylic acids is 4. The molecule has 0 aliphatic heterocycles. The van der Waals surface area contributed by atoms with E-state index in [9.17, 15) is 19.2 Å². The molecule has 3 saturated carbocycles. The van der Waals surface area contributed by atoms with Gasteiger partial charge in [-0.3, -0.25) is 19.2 Å². The number of esters is 4. The molecule has 0 amide bonds. The second kappa shape index (κ2) is 14.3. The maximum atomic E-state index is 12.3. The van der Waals surface area contributed by atoms with Crippen LogP contribution in [0, 0.1) is 23.7 Å². The molecule has 0 aromatic heterocycles. The Hall–Kier alpha value is -2.12. The second-order valence-corrected chi connectivity index (χ2v) is 9.89. The highest BCUT2D eigenvalue weighted by Crippen LogP contribution is 2.30. The summed E-state index contributed by atoms with van der Waals surface area (Å²) in [5.74, 6) is -1.46. The van der Waals surface area contributed by atoms with Crippen molar-refractivity contribution < 1.29 is 38.1 Å². The first-order valence-electron chi connectivity index (χ1n) is 13.2. The molecule has 3 aliphatic carbocycles. The van der Waals surface area contributed by atoms with Crippen LogP contribution in [0.1, 0.15) is 89.9 Å². The van der Waals surface area contributed by atoms with Crippen LogP contribution < -0.4 is 0 Å². The summed E-state index contributed by atoms with van der Waals surface area (Å²) in [7, 11) is 0. The Bertz CT molecular complexity index is 612. The highest BCUT2D eigenvalue weighted by atomic mass is 16.6. The number of ether oxygens (including phenoxy) is 4. The molecular formula is C26H40O8. The molecule has 3 aliphatic rings. The van der Waals surface area contributed by atoms with E-state index in [1.54, 1.807) is 0 Å². The Morgan fingerprint density at radius 2 is 0.618 bits per heavy atom. The largest absolute Gasteiger partial charge is 0.462 e. The van der Waals surface area contributed by atoms with Gasteiger partial charge in [-0.1, -0.05) is 38.5 Å². The van der Waals surface area contributed by atoms with Gasteiger partial charge in [-0.15, -0.1) is 0 Å². The van der Waals surface area contributed by atoms with Gasteiger partial charge in [0.2, 0.25) is 0 Å². The highest BCUT2D eigenvalue weighted by Gasteiger charge is 2.32. The maximum absolute atomic E-state index is 12.3. The van der Waals surface area contributed by atoms with Gasteiger partial charge in [0.15, 0.2) is 0 Å². The third-order valence-electron chi connectivity index (χ3n) is 7.41. The summed E-state index contributed by atoms with van der Waals surface area (Å²) >= 11 is 0. The van der Waals surface area contributed by atoms with Crippen LogP contribution in [0.2, 0.25) is 0 Å². The van der Waals surface area contributed by atoms with E-state index in [1.807, 2.05) is 0 Å². The molecule has 3 rings (SSSR count). The number of hydrogen-bond acceptors (Lipinski definition) is 8. The average molecular weight is 481 g/mol. The van der Waals surface area contributed by atoms with Crippen molar-refractivity contribution >= 4 is 23.9 Å². The fraction of sp³-hybridized carbons (Fsp3) is 0.846. The Kier molecular flexibility index (Phi) is 11.2. The molecule has 0 saturated heterocycles. The van der Waals surface area contributed by atoms with Crippen molar-refractivity contribution in [2.45, 2.75) is 89.9 Å². The van der Waals surface area contributed by atoms with E-state index < -0.39 is 0 Å². The Labute approximate surface area is 202 Å². The smallest absolute Gasteiger partial charge is 0.309 e. The molecule has 0 atom stereocenters. The van der Waals surface area contributed by atoms with Crippen LogP contribution in [0.25, 0.3) is 0 Å². The third-order valence-corrected chi connectivity index (χ3v) is 7.41. The van der Waals surface area contributed by atoms with Gasteiger partial charge in [-0.25, -0.2) is 0 Å². The molecule has 0 aromatic rings. The molecule has 3 fully saturated rings. The standard InChI is InChI=1S/C26H40O8/c27-23(19-7-3-1-4-8-19)31-15-17-33-25(29)21-11-13-22(14-12-21)26(30)34-18-16-32-24(28)20-9-5-2-6-10-20/h19-22H,1-18H2. The minimum atomic E-state index is -0.296. The molecule has 0 N–H and O–H groups in total. The summed E-state index contributed by atoms with van der Waals surface area (Å²) < 4.78 is 21.1. The minimum absolute atomic E-state index is 0.0107. The first-order valence-corrected chi connectivity index (χ1v) is 13.2. The van der Waals surface area contributed by atoms with Crippen LogP contribution in [0.4, 0.5) is 0 Å². The predicted molar refractivity (Wildman–Crippen MR) is 122 cm³/mol. The quantitative estimate of drug-likeness (QED) is 0.261. The SMILES string of the molecule is O=C(OCCOC(=O)C1CCC(C(=O)OCCOC(=O)C2CCCCC2)CC1)C1CCCCC1. The molecule has 0 spiro atoms. The fourth-order valence-corrected chi connectivity index (χ4v) is 5.28. The van der Waals surface area contributed by atoms with E-state index in [0.29, 0.717) is 25.7 Å². The molecule has 8 heteroatoms. The van der Waals surface area contributed by atoms with Gasteiger partial charge in [-0.2, -0.15) is 0 Å². The van der Waals surface area contributed by atoms with Gasteiger partial charge in [0.1, 0.15) is 26.4 Å². The summed E-state index contributed by atoms with van der Waals surface area (Å²) in [6, 6.07) is 0. The maximum Gasteiger partial charge on any atom is 0.309 e. The minimum Gasteiger partial charge on any atom is -0.462 e. The number of rotatable bonds is 10. The van der Waals surface area contributed by atoms with Crippen molar-refractivity contribution in [2.24, 2.45) is 23.7 Å². The topological polar surface area (TPSA) is 105 Å². The lowest BCUT2D eigenvalue weighted by Gasteiger charge is -2.26. The lowest BCUT2D eigenvalue weighted by molar-refractivity contribution is -0.161. The zero-order valence-electron chi connectivity index (χ0n) is 20.3. The van der Waals surface area contributed by atoms with Crippen molar-refractivity contribution in [1.82, 2.24) is 0 Å².